The standard InChI is InChI=1S/C9H8N2O3/c12-5-6-1-2-8-7(3-6)4-10-11(8)9(13)14/h1-4,12H,5H2,(H,13,14). The zero-order valence-electron chi connectivity index (χ0n) is 7.21. The fourth-order valence-electron chi connectivity index (χ4n) is 1.33. The number of aromatic nitrogens is 2. The molecule has 2 N–H and O–H groups in total. The Bertz CT molecular complexity index is 490. The molecule has 0 unspecified atom stereocenters. The average molecular weight is 192 g/mol. The molecule has 2 rings (SSSR count). The van der Waals surface area contributed by atoms with E-state index in [0.29, 0.717) is 10.9 Å². The van der Waals surface area contributed by atoms with E-state index in [4.69, 9.17) is 10.2 Å². The number of fused-ring (bicyclic) bond motifs is 1. The highest BCUT2D eigenvalue weighted by molar-refractivity contribution is 5.87. The van der Waals surface area contributed by atoms with Crippen LogP contribution in [-0.2, 0) is 6.61 Å². The van der Waals surface area contributed by atoms with E-state index in [-0.39, 0.29) is 6.61 Å². The van der Waals surface area contributed by atoms with Gasteiger partial charge in [0.25, 0.3) is 0 Å². The first-order valence-electron chi connectivity index (χ1n) is 4.03. The number of hydrogen-bond acceptors (Lipinski definition) is 3. The first-order valence-corrected chi connectivity index (χ1v) is 4.03. The van der Waals surface area contributed by atoms with Crippen LogP contribution in [0.15, 0.2) is 24.4 Å². The maximum Gasteiger partial charge on any atom is 0.432 e. The van der Waals surface area contributed by atoms with Gasteiger partial charge in [-0.2, -0.15) is 9.78 Å². The minimum atomic E-state index is -1.11. The molecule has 0 amide bonds. The van der Waals surface area contributed by atoms with Crippen LogP contribution in [0.25, 0.3) is 10.9 Å². The highest BCUT2D eigenvalue weighted by atomic mass is 16.4. The van der Waals surface area contributed by atoms with E-state index in [1.165, 1.54) is 6.20 Å². The van der Waals surface area contributed by atoms with E-state index in [9.17, 15) is 4.79 Å². The minimum Gasteiger partial charge on any atom is -0.463 e. The van der Waals surface area contributed by atoms with Gasteiger partial charge in [-0.25, -0.2) is 4.79 Å². The van der Waals surface area contributed by atoms with Crippen molar-refractivity contribution in [2.45, 2.75) is 6.61 Å². The predicted molar refractivity (Wildman–Crippen MR) is 49.1 cm³/mol. The van der Waals surface area contributed by atoms with Crippen molar-refractivity contribution in [2.75, 3.05) is 0 Å². The van der Waals surface area contributed by atoms with Crippen molar-refractivity contribution < 1.29 is 15.0 Å². The number of benzene rings is 1. The van der Waals surface area contributed by atoms with Crippen molar-refractivity contribution in [3.05, 3.63) is 30.0 Å². The lowest BCUT2D eigenvalue weighted by atomic mass is 10.2. The van der Waals surface area contributed by atoms with Crippen LogP contribution >= 0.6 is 0 Å². The number of nitrogens with zero attached hydrogens (tertiary/aromatic N) is 2. The SMILES string of the molecule is O=C(O)n1ncc2cc(CO)ccc21. The molecule has 0 atom stereocenters. The van der Waals surface area contributed by atoms with Crippen LogP contribution < -0.4 is 0 Å². The van der Waals surface area contributed by atoms with Gasteiger partial charge in [0.2, 0.25) is 0 Å². The molecule has 2 aromatic rings. The predicted octanol–water partition coefficient (Wildman–Crippen LogP) is 1.05. The summed E-state index contributed by atoms with van der Waals surface area (Å²) >= 11 is 0. The van der Waals surface area contributed by atoms with Crippen LogP contribution in [0.4, 0.5) is 4.79 Å². The van der Waals surface area contributed by atoms with Gasteiger partial charge in [-0.1, -0.05) is 6.07 Å². The Morgan fingerprint density at radius 3 is 2.93 bits per heavy atom. The molecule has 0 saturated heterocycles. The van der Waals surface area contributed by atoms with Gasteiger partial charge in [0.1, 0.15) is 0 Å². The molecule has 5 heteroatoms. The fourth-order valence-corrected chi connectivity index (χ4v) is 1.33. The molecule has 14 heavy (non-hydrogen) atoms. The molecule has 1 aromatic heterocycles. The molecule has 5 nitrogen and oxygen atoms in total. The maximum atomic E-state index is 10.7. The molecule has 0 aliphatic rings. The van der Waals surface area contributed by atoms with E-state index in [2.05, 4.69) is 5.10 Å². The third kappa shape index (κ3) is 1.23. The van der Waals surface area contributed by atoms with E-state index in [1.807, 2.05) is 0 Å². The summed E-state index contributed by atoms with van der Waals surface area (Å²) in [5, 5.41) is 22.0. The van der Waals surface area contributed by atoms with Gasteiger partial charge < -0.3 is 10.2 Å². The lowest BCUT2D eigenvalue weighted by Gasteiger charge is -1.97. The molecule has 0 aliphatic carbocycles. The molecule has 1 aromatic carbocycles. The Morgan fingerprint density at radius 1 is 1.50 bits per heavy atom. The second-order valence-electron chi connectivity index (χ2n) is 2.89. The van der Waals surface area contributed by atoms with E-state index >= 15 is 0 Å². The summed E-state index contributed by atoms with van der Waals surface area (Å²) in [6.07, 6.45) is 0.347. The normalized spacial score (nSPS) is 10.6. The third-order valence-electron chi connectivity index (χ3n) is 2.00. The Kier molecular flexibility index (Phi) is 1.94. The van der Waals surface area contributed by atoms with Crippen LogP contribution in [0, 0.1) is 0 Å². The quantitative estimate of drug-likeness (QED) is 0.708. The molecular formula is C9H8N2O3. The van der Waals surface area contributed by atoms with E-state index in [1.54, 1.807) is 18.2 Å². The van der Waals surface area contributed by atoms with Gasteiger partial charge in [0.05, 0.1) is 18.3 Å². The lowest BCUT2D eigenvalue weighted by Crippen LogP contribution is -2.08. The summed E-state index contributed by atoms with van der Waals surface area (Å²) in [4.78, 5) is 10.7. The second kappa shape index (κ2) is 3.12. The molecule has 0 aliphatic heterocycles. The van der Waals surface area contributed by atoms with Crippen LogP contribution in [-0.4, -0.2) is 26.1 Å². The van der Waals surface area contributed by atoms with Crippen molar-refractivity contribution in [1.82, 2.24) is 9.78 Å². The highest BCUT2D eigenvalue weighted by Gasteiger charge is 2.07. The molecule has 1 heterocycles. The molecule has 0 spiro atoms. The largest absolute Gasteiger partial charge is 0.463 e. The minimum absolute atomic E-state index is 0.0613. The monoisotopic (exact) mass is 192 g/mol. The Morgan fingerprint density at radius 2 is 2.29 bits per heavy atom. The smallest absolute Gasteiger partial charge is 0.432 e. The average Bonchev–Trinajstić information content (AvgIpc) is 2.59. The van der Waals surface area contributed by atoms with Crippen LogP contribution in [0.1, 0.15) is 5.56 Å². The molecule has 0 fully saturated rings. The number of carbonyl (C=O) groups is 1. The van der Waals surface area contributed by atoms with Crippen molar-refractivity contribution >= 4 is 17.0 Å². The van der Waals surface area contributed by atoms with Crippen molar-refractivity contribution in [1.29, 1.82) is 0 Å². The highest BCUT2D eigenvalue weighted by Crippen LogP contribution is 2.15. The Labute approximate surface area is 79.2 Å². The first kappa shape index (κ1) is 8.71. The molecule has 0 bridgehead atoms. The number of carboxylic acid groups (broad SMARTS) is 1. The van der Waals surface area contributed by atoms with Gasteiger partial charge in [-0.15, -0.1) is 0 Å². The number of hydrogen-bond donors (Lipinski definition) is 2. The number of aliphatic hydroxyl groups is 1. The summed E-state index contributed by atoms with van der Waals surface area (Å²) in [6.45, 7) is -0.0613. The van der Waals surface area contributed by atoms with Gasteiger partial charge in [-0.3, -0.25) is 0 Å². The lowest BCUT2D eigenvalue weighted by molar-refractivity contribution is 0.194. The summed E-state index contributed by atoms with van der Waals surface area (Å²) in [6, 6.07) is 5.01. The summed E-state index contributed by atoms with van der Waals surface area (Å²) < 4.78 is 0.899. The zero-order valence-corrected chi connectivity index (χ0v) is 7.21. The molecule has 0 radical (unpaired) electrons. The van der Waals surface area contributed by atoms with Crippen LogP contribution in [0.5, 0.6) is 0 Å². The zero-order chi connectivity index (χ0) is 10.1. The van der Waals surface area contributed by atoms with Gasteiger partial charge in [-0.05, 0) is 17.7 Å². The number of aliphatic hydroxyl groups excluding tert-OH is 1. The van der Waals surface area contributed by atoms with Crippen molar-refractivity contribution in [2.24, 2.45) is 0 Å². The Hall–Kier alpha value is -1.88. The van der Waals surface area contributed by atoms with Crippen LogP contribution in [0.2, 0.25) is 0 Å². The van der Waals surface area contributed by atoms with E-state index < -0.39 is 6.09 Å². The third-order valence-corrected chi connectivity index (χ3v) is 2.00. The van der Waals surface area contributed by atoms with Crippen molar-refractivity contribution in [3.63, 3.8) is 0 Å². The topological polar surface area (TPSA) is 75.3 Å². The molecule has 72 valence electrons. The fraction of sp³-hybridized carbons (Fsp3) is 0.111. The molecular weight excluding hydrogens is 184 g/mol. The van der Waals surface area contributed by atoms with E-state index in [0.717, 1.165) is 10.2 Å². The van der Waals surface area contributed by atoms with Gasteiger partial charge in [0.15, 0.2) is 0 Å². The second-order valence-corrected chi connectivity index (χ2v) is 2.89. The number of rotatable bonds is 1. The first-order chi connectivity index (χ1) is 6.72. The summed E-state index contributed by atoms with van der Waals surface area (Å²) in [7, 11) is 0. The molecule has 0 saturated carbocycles. The van der Waals surface area contributed by atoms with Crippen molar-refractivity contribution in [3.8, 4) is 0 Å². The Balaban J connectivity index is 2.65. The van der Waals surface area contributed by atoms with Gasteiger partial charge >= 0.3 is 6.09 Å². The van der Waals surface area contributed by atoms with Gasteiger partial charge in [0, 0.05) is 5.39 Å². The summed E-state index contributed by atoms with van der Waals surface area (Å²) in [5.74, 6) is 0. The maximum absolute atomic E-state index is 10.7. The summed E-state index contributed by atoms with van der Waals surface area (Å²) in [5.41, 5.74) is 1.26. The van der Waals surface area contributed by atoms with Crippen LogP contribution in [0.3, 0.4) is 0 Å².